The van der Waals surface area contributed by atoms with Crippen LogP contribution >= 0.6 is 0 Å². The molecule has 2 aromatic carbocycles. The second-order valence-corrected chi connectivity index (χ2v) is 6.22. The lowest BCUT2D eigenvalue weighted by molar-refractivity contribution is 0.0855. The molecule has 1 amide bonds. The number of piperidine rings is 1. The summed E-state index contributed by atoms with van der Waals surface area (Å²) in [4.78, 5) is 14.1. The topological polar surface area (TPSA) is 41.6 Å². The molecule has 2 atom stereocenters. The molecule has 1 N–H and O–H groups in total. The highest BCUT2D eigenvalue weighted by Crippen LogP contribution is 2.40. The van der Waals surface area contributed by atoms with Crippen LogP contribution in [0.1, 0.15) is 23.5 Å². The number of fused-ring (bicyclic) bond motifs is 3. The van der Waals surface area contributed by atoms with Crippen LogP contribution in [0.3, 0.4) is 0 Å². The van der Waals surface area contributed by atoms with E-state index >= 15 is 0 Å². The van der Waals surface area contributed by atoms with E-state index in [4.69, 9.17) is 4.74 Å². The maximum absolute atomic E-state index is 12.3. The van der Waals surface area contributed by atoms with Gasteiger partial charge in [0, 0.05) is 24.7 Å². The van der Waals surface area contributed by atoms with Gasteiger partial charge in [0.05, 0.1) is 6.04 Å². The molecule has 4 heteroatoms. The van der Waals surface area contributed by atoms with Gasteiger partial charge in [-0.3, -0.25) is 0 Å². The number of nitrogens with zero attached hydrogens (tertiary/aromatic N) is 1. The third-order valence-electron chi connectivity index (χ3n) is 4.78. The summed E-state index contributed by atoms with van der Waals surface area (Å²) in [5, 5.41) is 3.55. The Labute approximate surface area is 136 Å². The fraction of sp³-hybridized carbons (Fsp3) is 0.316. The Morgan fingerprint density at radius 2 is 1.91 bits per heavy atom. The first-order chi connectivity index (χ1) is 11.3. The quantitative estimate of drug-likeness (QED) is 0.921. The largest absolute Gasteiger partial charge is 0.445 e. The minimum atomic E-state index is -0.218. The molecule has 2 aliphatic heterocycles. The highest BCUT2D eigenvalue weighted by atomic mass is 16.6. The molecule has 2 aromatic rings. The lowest BCUT2D eigenvalue weighted by atomic mass is 9.89. The highest BCUT2D eigenvalue weighted by molar-refractivity contribution is 5.69. The van der Waals surface area contributed by atoms with Gasteiger partial charge in [0.15, 0.2) is 0 Å². The molecule has 0 aromatic heterocycles. The summed E-state index contributed by atoms with van der Waals surface area (Å²) < 4.78 is 5.45. The molecule has 118 valence electrons. The van der Waals surface area contributed by atoms with Crippen molar-refractivity contribution in [3.8, 4) is 0 Å². The van der Waals surface area contributed by atoms with Crippen LogP contribution in [0, 0.1) is 0 Å². The van der Waals surface area contributed by atoms with E-state index < -0.39 is 0 Å². The average molecular weight is 308 g/mol. The number of hydrogen-bond acceptors (Lipinski definition) is 3. The van der Waals surface area contributed by atoms with E-state index in [1.165, 1.54) is 11.3 Å². The molecule has 1 fully saturated rings. The van der Waals surface area contributed by atoms with E-state index in [1.807, 2.05) is 35.2 Å². The number of rotatable bonds is 2. The number of nitrogens with one attached hydrogen (secondary N) is 1. The summed E-state index contributed by atoms with van der Waals surface area (Å²) in [5.41, 5.74) is 3.61. The predicted octanol–water partition coefficient (Wildman–Crippen LogP) is 3.61. The molecular weight excluding hydrogens is 288 g/mol. The Balaban J connectivity index is 1.37. The Hall–Kier alpha value is -2.49. The SMILES string of the molecule is O=C(OCc1ccccc1)N1CC[C@@H]2c3ccccc3N[C@@H]2C1. The summed E-state index contributed by atoms with van der Waals surface area (Å²) in [6, 6.07) is 18.5. The van der Waals surface area contributed by atoms with Gasteiger partial charge in [0.1, 0.15) is 6.61 Å². The van der Waals surface area contributed by atoms with E-state index in [0.717, 1.165) is 18.5 Å². The van der Waals surface area contributed by atoms with Crippen molar-refractivity contribution in [3.05, 3.63) is 65.7 Å². The van der Waals surface area contributed by atoms with Crippen molar-refractivity contribution in [1.82, 2.24) is 4.90 Å². The van der Waals surface area contributed by atoms with Crippen LogP contribution in [0.5, 0.6) is 0 Å². The van der Waals surface area contributed by atoms with Crippen LogP contribution in [-0.2, 0) is 11.3 Å². The summed E-state index contributed by atoms with van der Waals surface area (Å²) in [7, 11) is 0. The van der Waals surface area contributed by atoms with E-state index in [9.17, 15) is 4.79 Å². The van der Waals surface area contributed by atoms with E-state index in [0.29, 0.717) is 25.1 Å². The molecule has 0 unspecified atom stereocenters. The maximum atomic E-state index is 12.3. The van der Waals surface area contributed by atoms with Crippen molar-refractivity contribution in [1.29, 1.82) is 0 Å². The first-order valence-corrected chi connectivity index (χ1v) is 8.12. The first-order valence-electron chi connectivity index (χ1n) is 8.12. The van der Waals surface area contributed by atoms with E-state index in [2.05, 4.69) is 29.6 Å². The Bertz CT molecular complexity index is 702. The van der Waals surface area contributed by atoms with E-state index in [-0.39, 0.29) is 6.09 Å². The van der Waals surface area contributed by atoms with Gasteiger partial charge in [0.25, 0.3) is 0 Å². The Morgan fingerprint density at radius 3 is 2.78 bits per heavy atom. The minimum Gasteiger partial charge on any atom is -0.445 e. The monoisotopic (exact) mass is 308 g/mol. The number of amides is 1. The zero-order valence-electron chi connectivity index (χ0n) is 12.9. The summed E-state index contributed by atoms with van der Waals surface area (Å²) >= 11 is 0. The van der Waals surface area contributed by atoms with E-state index in [1.54, 1.807) is 0 Å². The second-order valence-electron chi connectivity index (χ2n) is 6.22. The third-order valence-corrected chi connectivity index (χ3v) is 4.78. The van der Waals surface area contributed by atoms with Crippen molar-refractivity contribution in [3.63, 3.8) is 0 Å². The zero-order valence-corrected chi connectivity index (χ0v) is 12.9. The standard InChI is InChI=1S/C19H20N2O2/c22-19(23-13-14-6-2-1-3-7-14)21-11-10-16-15-8-4-5-9-17(15)20-18(16)12-21/h1-9,16,18,20H,10-13H2/t16-,18-/m1/s1. The fourth-order valence-corrected chi connectivity index (χ4v) is 3.60. The van der Waals surface area contributed by atoms with Gasteiger partial charge in [-0.15, -0.1) is 0 Å². The molecule has 0 bridgehead atoms. The molecule has 4 nitrogen and oxygen atoms in total. The lowest BCUT2D eigenvalue weighted by Crippen LogP contribution is -2.46. The summed E-state index contributed by atoms with van der Waals surface area (Å²) in [5.74, 6) is 0.504. The highest BCUT2D eigenvalue weighted by Gasteiger charge is 2.38. The van der Waals surface area contributed by atoms with Crippen LogP contribution in [-0.4, -0.2) is 30.1 Å². The first kappa shape index (κ1) is 14.1. The molecule has 23 heavy (non-hydrogen) atoms. The van der Waals surface area contributed by atoms with Crippen molar-refractivity contribution < 1.29 is 9.53 Å². The maximum Gasteiger partial charge on any atom is 0.410 e. The normalized spacial score (nSPS) is 22.0. The number of carbonyl (C=O) groups is 1. The molecule has 0 radical (unpaired) electrons. The van der Waals surface area contributed by atoms with Gasteiger partial charge in [-0.1, -0.05) is 48.5 Å². The average Bonchev–Trinajstić information content (AvgIpc) is 2.98. The molecule has 0 saturated carbocycles. The van der Waals surface area contributed by atoms with Gasteiger partial charge in [0.2, 0.25) is 0 Å². The minimum absolute atomic E-state index is 0.218. The predicted molar refractivity (Wildman–Crippen MR) is 89.4 cm³/mol. The van der Waals surface area contributed by atoms with Crippen molar-refractivity contribution in [2.75, 3.05) is 18.4 Å². The van der Waals surface area contributed by atoms with Crippen LogP contribution in [0.25, 0.3) is 0 Å². The smallest absolute Gasteiger partial charge is 0.410 e. The van der Waals surface area contributed by atoms with Gasteiger partial charge in [-0.2, -0.15) is 0 Å². The molecule has 0 spiro atoms. The third kappa shape index (κ3) is 2.77. The van der Waals surface area contributed by atoms with Crippen molar-refractivity contribution in [2.24, 2.45) is 0 Å². The van der Waals surface area contributed by atoms with Crippen LogP contribution in [0.4, 0.5) is 10.5 Å². The number of anilines is 1. The van der Waals surface area contributed by atoms with Crippen LogP contribution < -0.4 is 5.32 Å². The van der Waals surface area contributed by atoms with Gasteiger partial charge >= 0.3 is 6.09 Å². The Kier molecular flexibility index (Phi) is 3.66. The van der Waals surface area contributed by atoms with Gasteiger partial charge in [-0.05, 0) is 23.6 Å². The van der Waals surface area contributed by atoms with Crippen molar-refractivity contribution in [2.45, 2.75) is 25.0 Å². The number of carbonyl (C=O) groups excluding carboxylic acids is 1. The molecule has 2 aliphatic rings. The molecule has 2 heterocycles. The molecular formula is C19H20N2O2. The second kappa shape index (κ2) is 5.95. The molecule has 4 rings (SSSR count). The zero-order chi connectivity index (χ0) is 15.6. The van der Waals surface area contributed by atoms with Gasteiger partial charge < -0.3 is 15.0 Å². The fourth-order valence-electron chi connectivity index (χ4n) is 3.60. The van der Waals surface area contributed by atoms with Crippen LogP contribution in [0.15, 0.2) is 54.6 Å². The Morgan fingerprint density at radius 1 is 1.13 bits per heavy atom. The summed E-state index contributed by atoms with van der Waals surface area (Å²) in [6.45, 7) is 1.79. The van der Waals surface area contributed by atoms with Gasteiger partial charge in [-0.25, -0.2) is 4.79 Å². The number of ether oxygens (including phenoxy) is 1. The number of hydrogen-bond donors (Lipinski definition) is 1. The number of benzene rings is 2. The van der Waals surface area contributed by atoms with Crippen molar-refractivity contribution >= 4 is 11.8 Å². The molecule has 1 saturated heterocycles. The number of likely N-dealkylation sites (tertiary alicyclic amines) is 1. The summed E-state index contributed by atoms with van der Waals surface area (Å²) in [6.07, 6.45) is 0.764. The molecule has 0 aliphatic carbocycles. The lowest BCUT2D eigenvalue weighted by Gasteiger charge is -2.34. The number of para-hydroxylation sites is 1. The van der Waals surface area contributed by atoms with Crippen LogP contribution in [0.2, 0.25) is 0 Å².